The van der Waals surface area contributed by atoms with Crippen LogP contribution in [0.2, 0.25) is 0 Å². The smallest absolute Gasteiger partial charge is 0.253 e. The van der Waals surface area contributed by atoms with Gasteiger partial charge in [0.25, 0.3) is 5.91 Å². The van der Waals surface area contributed by atoms with Crippen molar-refractivity contribution >= 4 is 5.91 Å². The number of carbonyl (C=O) groups is 1. The molecule has 1 atom stereocenters. The Morgan fingerprint density at radius 2 is 1.95 bits per heavy atom. The van der Waals surface area contributed by atoms with Crippen LogP contribution in [0.25, 0.3) is 0 Å². The highest BCUT2D eigenvalue weighted by Crippen LogP contribution is 2.20. The average Bonchev–Trinajstić information content (AvgIpc) is 2.37. The van der Waals surface area contributed by atoms with E-state index in [-0.39, 0.29) is 11.5 Å². The summed E-state index contributed by atoms with van der Waals surface area (Å²) in [5.41, 5.74) is 0.392. The number of benzene rings is 1. The molecule has 0 aliphatic carbocycles. The van der Waals surface area contributed by atoms with Crippen molar-refractivity contribution < 1.29 is 14.6 Å². The van der Waals surface area contributed by atoms with Crippen molar-refractivity contribution in [3.8, 4) is 5.75 Å². The molecule has 4 nitrogen and oxygen atoms in total. The molecule has 1 fully saturated rings. The lowest BCUT2D eigenvalue weighted by Crippen LogP contribution is -2.42. The van der Waals surface area contributed by atoms with Gasteiger partial charge in [-0.3, -0.25) is 4.79 Å². The highest BCUT2D eigenvalue weighted by atomic mass is 16.5. The largest absolute Gasteiger partial charge is 0.488 e. The first-order valence-electron chi connectivity index (χ1n) is 7.11. The number of β-amino-alcohol motifs (C(OH)–C–C–N with tert-alkyl or cyclic N) is 1. The molecule has 0 bridgehead atoms. The summed E-state index contributed by atoms with van der Waals surface area (Å²) in [6.07, 6.45) is 1.25. The predicted molar refractivity (Wildman–Crippen MR) is 78.0 cm³/mol. The molecule has 4 heteroatoms. The lowest BCUT2D eigenvalue weighted by atomic mass is 10.1. The quantitative estimate of drug-likeness (QED) is 0.903. The minimum atomic E-state index is -0.392. The number of likely N-dealkylation sites (tertiary alicyclic amines) is 1. The lowest BCUT2D eigenvalue weighted by Gasteiger charge is -2.30. The number of aliphatic hydroxyl groups excluding tert-OH is 1. The Morgan fingerprint density at radius 1 is 1.30 bits per heavy atom. The Hall–Kier alpha value is -1.55. The zero-order valence-electron chi connectivity index (χ0n) is 12.4. The fourth-order valence-electron chi connectivity index (χ4n) is 2.34. The monoisotopic (exact) mass is 277 g/mol. The SMILES string of the molecule is CC(C)(C)Oc1ccc(C(=O)N2CCCC(O)C2)cc1. The van der Waals surface area contributed by atoms with Gasteiger partial charge in [-0.05, 0) is 57.9 Å². The molecule has 1 heterocycles. The van der Waals surface area contributed by atoms with Gasteiger partial charge in [-0.1, -0.05) is 0 Å². The summed E-state index contributed by atoms with van der Waals surface area (Å²) in [5, 5.41) is 9.63. The van der Waals surface area contributed by atoms with E-state index in [0.29, 0.717) is 12.1 Å². The van der Waals surface area contributed by atoms with Crippen LogP contribution < -0.4 is 4.74 Å². The average molecular weight is 277 g/mol. The van der Waals surface area contributed by atoms with Crippen molar-refractivity contribution in [3.05, 3.63) is 29.8 Å². The fourth-order valence-corrected chi connectivity index (χ4v) is 2.34. The second-order valence-corrected chi connectivity index (χ2v) is 6.29. The van der Waals surface area contributed by atoms with E-state index in [2.05, 4.69) is 0 Å². The zero-order chi connectivity index (χ0) is 14.8. The van der Waals surface area contributed by atoms with Gasteiger partial charge >= 0.3 is 0 Å². The van der Waals surface area contributed by atoms with Crippen molar-refractivity contribution in [2.75, 3.05) is 13.1 Å². The van der Waals surface area contributed by atoms with Crippen molar-refractivity contribution in [2.45, 2.75) is 45.3 Å². The second kappa shape index (κ2) is 5.83. The predicted octanol–water partition coefficient (Wildman–Crippen LogP) is 2.46. The van der Waals surface area contributed by atoms with E-state index in [1.165, 1.54) is 0 Å². The highest BCUT2D eigenvalue weighted by molar-refractivity contribution is 5.94. The van der Waals surface area contributed by atoms with Crippen molar-refractivity contribution in [3.63, 3.8) is 0 Å². The van der Waals surface area contributed by atoms with Crippen LogP contribution in [0.15, 0.2) is 24.3 Å². The van der Waals surface area contributed by atoms with Crippen LogP contribution in [0.3, 0.4) is 0 Å². The van der Waals surface area contributed by atoms with Crippen molar-refractivity contribution in [1.82, 2.24) is 4.90 Å². The topological polar surface area (TPSA) is 49.8 Å². The molecule has 1 aliphatic heterocycles. The van der Waals surface area contributed by atoms with E-state index in [4.69, 9.17) is 4.74 Å². The maximum Gasteiger partial charge on any atom is 0.253 e. The van der Waals surface area contributed by atoms with E-state index >= 15 is 0 Å². The Balaban J connectivity index is 2.04. The third-order valence-electron chi connectivity index (χ3n) is 3.21. The molecular weight excluding hydrogens is 254 g/mol. The minimum Gasteiger partial charge on any atom is -0.488 e. The first-order chi connectivity index (χ1) is 9.35. The first-order valence-corrected chi connectivity index (χ1v) is 7.11. The summed E-state index contributed by atoms with van der Waals surface area (Å²) in [6.45, 7) is 7.11. The molecule has 1 aromatic carbocycles. The summed E-state index contributed by atoms with van der Waals surface area (Å²) in [6, 6.07) is 7.20. The number of aliphatic hydroxyl groups is 1. The number of ether oxygens (including phenoxy) is 1. The van der Waals surface area contributed by atoms with Gasteiger partial charge < -0.3 is 14.7 Å². The van der Waals surface area contributed by atoms with E-state index in [1.807, 2.05) is 32.9 Å². The Bertz CT molecular complexity index is 462. The second-order valence-electron chi connectivity index (χ2n) is 6.29. The van der Waals surface area contributed by atoms with Gasteiger partial charge in [0.2, 0.25) is 0 Å². The molecular formula is C16H23NO3. The van der Waals surface area contributed by atoms with Gasteiger partial charge in [0.1, 0.15) is 11.4 Å². The van der Waals surface area contributed by atoms with Gasteiger partial charge in [-0.2, -0.15) is 0 Å². The molecule has 2 rings (SSSR count). The third-order valence-corrected chi connectivity index (χ3v) is 3.21. The highest BCUT2D eigenvalue weighted by Gasteiger charge is 2.23. The summed E-state index contributed by atoms with van der Waals surface area (Å²) in [4.78, 5) is 14.0. The Kier molecular flexibility index (Phi) is 4.33. The normalized spacial score (nSPS) is 19.8. The number of carbonyl (C=O) groups excluding carboxylic acids is 1. The van der Waals surface area contributed by atoms with Crippen LogP contribution in [-0.4, -0.2) is 40.7 Å². The number of amides is 1. The van der Waals surface area contributed by atoms with E-state index in [9.17, 15) is 9.90 Å². The van der Waals surface area contributed by atoms with Gasteiger partial charge in [0.15, 0.2) is 0 Å². The van der Waals surface area contributed by atoms with Crippen LogP contribution in [0, 0.1) is 0 Å². The minimum absolute atomic E-state index is 0.0222. The van der Waals surface area contributed by atoms with E-state index in [1.54, 1.807) is 17.0 Å². The molecule has 1 aromatic rings. The van der Waals surface area contributed by atoms with Crippen LogP contribution in [-0.2, 0) is 0 Å². The molecule has 0 radical (unpaired) electrons. The van der Waals surface area contributed by atoms with Gasteiger partial charge in [0, 0.05) is 18.7 Å². The molecule has 1 unspecified atom stereocenters. The van der Waals surface area contributed by atoms with Crippen LogP contribution in [0.4, 0.5) is 0 Å². The molecule has 0 spiro atoms. The molecule has 110 valence electrons. The van der Waals surface area contributed by atoms with Gasteiger partial charge in [0.05, 0.1) is 6.10 Å². The van der Waals surface area contributed by atoms with E-state index in [0.717, 1.165) is 25.1 Å². The van der Waals surface area contributed by atoms with E-state index < -0.39 is 6.10 Å². The summed E-state index contributed by atoms with van der Waals surface area (Å²) in [5.74, 6) is 0.735. The Labute approximate surface area is 120 Å². The zero-order valence-corrected chi connectivity index (χ0v) is 12.4. The molecule has 20 heavy (non-hydrogen) atoms. The maximum absolute atomic E-state index is 12.3. The van der Waals surface area contributed by atoms with Gasteiger partial charge in [-0.25, -0.2) is 0 Å². The third kappa shape index (κ3) is 3.97. The summed E-state index contributed by atoms with van der Waals surface area (Å²) in [7, 11) is 0. The number of rotatable bonds is 2. The molecule has 1 saturated heterocycles. The molecule has 0 aromatic heterocycles. The van der Waals surface area contributed by atoms with Crippen molar-refractivity contribution in [2.24, 2.45) is 0 Å². The van der Waals surface area contributed by atoms with Crippen molar-refractivity contribution in [1.29, 1.82) is 0 Å². The number of hydrogen-bond acceptors (Lipinski definition) is 3. The molecule has 1 amide bonds. The molecule has 0 saturated carbocycles. The first kappa shape index (κ1) is 14.9. The number of hydrogen-bond donors (Lipinski definition) is 1. The van der Waals surface area contributed by atoms with Crippen LogP contribution >= 0.6 is 0 Å². The maximum atomic E-state index is 12.3. The fraction of sp³-hybridized carbons (Fsp3) is 0.562. The van der Waals surface area contributed by atoms with Gasteiger partial charge in [-0.15, -0.1) is 0 Å². The number of nitrogens with zero attached hydrogens (tertiary/aromatic N) is 1. The number of piperidine rings is 1. The standard InChI is InChI=1S/C16H23NO3/c1-16(2,3)20-14-8-6-12(7-9-14)15(19)17-10-4-5-13(18)11-17/h6-9,13,18H,4-5,10-11H2,1-3H3. The van der Waals surface area contributed by atoms with Crippen LogP contribution in [0.5, 0.6) is 5.75 Å². The summed E-state index contributed by atoms with van der Waals surface area (Å²) < 4.78 is 5.73. The molecule has 1 N–H and O–H groups in total. The molecule has 1 aliphatic rings. The van der Waals surface area contributed by atoms with Crippen LogP contribution in [0.1, 0.15) is 44.0 Å². The Morgan fingerprint density at radius 3 is 2.50 bits per heavy atom. The summed E-state index contributed by atoms with van der Waals surface area (Å²) >= 11 is 0. The lowest BCUT2D eigenvalue weighted by molar-refractivity contribution is 0.0473.